The topological polar surface area (TPSA) is 122 Å². The van der Waals surface area contributed by atoms with Gasteiger partial charge in [0.05, 0.1) is 22.8 Å². The molecule has 0 spiro atoms. The molecule has 0 fully saturated rings. The van der Waals surface area contributed by atoms with Crippen molar-refractivity contribution in [3.63, 3.8) is 0 Å². The molecule has 2 aromatic rings. The highest BCUT2D eigenvalue weighted by atomic mass is 16.7. The number of hydrogen-bond acceptors (Lipinski definition) is 8. The molecule has 2 aliphatic heterocycles. The Morgan fingerprint density at radius 3 is 2.67 bits per heavy atom. The largest absolute Gasteiger partial charge is 0.485 e. The van der Waals surface area contributed by atoms with E-state index in [1.54, 1.807) is 24.3 Å². The Labute approximate surface area is 152 Å². The van der Waals surface area contributed by atoms with Gasteiger partial charge in [0.15, 0.2) is 23.0 Å². The van der Waals surface area contributed by atoms with Gasteiger partial charge in [0.2, 0.25) is 12.9 Å². The number of rotatable bonds is 4. The van der Waals surface area contributed by atoms with Crippen LogP contribution in [0.3, 0.4) is 0 Å². The van der Waals surface area contributed by atoms with E-state index in [9.17, 15) is 14.9 Å². The summed E-state index contributed by atoms with van der Waals surface area (Å²) < 4.78 is 21.4. The molecule has 1 atom stereocenters. The second-order valence-corrected chi connectivity index (χ2v) is 5.62. The maximum Gasteiger partial charge on any atom is 0.284 e. The fourth-order valence-corrected chi connectivity index (χ4v) is 2.59. The zero-order valence-corrected chi connectivity index (χ0v) is 13.8. The number of ether oxygens (including phenoxy) is 4. The smallest absolute Gasteiger partial charge is 0.284 e. The first-order valence-electron chi connectivity index (χ1n) is 7.91. The summed E-state index contributed by atoms with van der Waals surface area (Å²) in [5.41, 5.74) is 2.24. The van der Waals surface area contributed by atoms with E-state index >= 15 is 0 Å². The van der Waals surface area contributed by atoms with Gasteiger partial charge in [0.1, 0.15) is 6.61 Å². The number of nitrogens with one attached hydrogen (secondary N) is 1. The van der Waals surface area contributed by atoms with Crippen molar-refractivity contribution in [1.29, 1.82) is 0 Å². The molecule has 27 heavy (non-hydrogen) atoms. The quantitative estimate of drug-likeness (QED) is 0.492. The van der Waals surface area contributed by atoms with E-state index < -0.39 is 16.9 Å². The number of nitro groups is 1. The first-order chi connectivity index (χ1) is 13.1. The third-order valence-corrected chi connectivity index (χ3v) is 3.90. The summed E-state index contributed by atoms with van der Waals surface area (Å²) in [5.74, 6) is 1.13. The minimum atomic E-state index is -0.885. The fraction of sp³-hybridized carbons (Fsp3) is 0.176. The number of nitrogens with zero attached hydrogens (tertiary/aromatic N) is 2. The Bertz CT molecular complexity index is 944. The second-order valence-electron chi connectivity index (χ2n) is 5.62. The summed E-state index contributed by atoms with van der Waals surface area (Å²) in [4.78, 5) is 22.8. The standard InChI is InChI=1S/C17H13N3O7/c21-17(16-8-24-12-3-1-2-4-13(12)27-16)19-18-7-10-5-14-15(26-9-25-14)6-11(10)20(22)23/h1-7,16H,8-9H2,(H,19,21)/b18-7+/t16-/m0/s1. The van der Waals surface area contributed by atoms with Crippen LogP contribution in [0.15, 0.2) is 41.5 Å². The third kappa shape index (κ3) is 3.32. The first kappa shape index (κ1) is 16.6. The molecule has 0 saturated heterocycles. The molecule has 2 aromatic carbocycles. The Hall–Kier alpha value is -3.82. The van der Waals surface area contributed by atoms with E-state index in [0.717, 1.165) is 6.21 Å². The maximum absolute atomic E-state index is 12.2. The van der Waals surface area contributed by atoms with E-state index in [2.05, 4.69) is 10.5 Å². The highest BCUT2D eigenvalue weighted by molar-refractivity contribution is 5.89. The second kappa shape index (κ2) is 6.83. The van der Waals surface area contributed by atoms with Crippen LogP contribution in [0.2, 0.25) is 0 Å². The number of fused-ring (bicyclic) bond motifs is 2. The molecule has 4 rings (SSSR count). The molecule has 138 valence electrons. The van der Waals surface area contributed by atoms with Gasteiger partial charge in [-0.2, -0.15) is 5.10 Å². The summed E-state index contributed by atoms with van der Waals surface area (Å²) in [6.45, 7) is 0.0207. The number of carbonyl (C=O) groups is 1. The summed E-state index contributed by atoms with van der Waals surface area (Å²) >= 11 is 0. The highest BCUT2D eigenvalue weighted by Crippen LogP contribution is 2.37. The van der Waals surface area contributed by atoms with Crippen LogP contribution in [0.4, 0.5) is 5.69 Å². The molecule has 1 N–H and O–H groups in total. The first-order valence-corrected chi connectivity index (χ1v) is 7.91. The molecule has 10 nitrogen and oxygen atoms in total. The van der Waals surface area contributed by atoms with E-state index in [1.165, 1.54) is 12.1 Å². The van der Waals surface area contributed by atoms with Crippen molar-refractivity contribution in [2.45, 2.75) is 6.10 Å². The molecule has 0 unspecified atom stereocenters. The summed E-state index contributed by atoms with van der Waals surface area (Å²) in [6, 6.07) is 9.66. The normalized spacial score (nSPS) is 17.0. The van der Waals surface area contributed by atoms with Crippen molar-refractivity contribution in [2.24, 2.45) is 5.10 Å². The minimum Gasteiger partial charge on any atom is -0.485 e. The van der Waals surface area contributed by atoms with Gasteiger partial charge in [-0.05, 0) is 18.2 Å². The molecule has 0 saturated carbocycles. The van der Waals surface area contributed by atoms with E-state index in [0.29, 0.717) is 17.2 Å². The van der Waals surface area contributed by atoms with Gasteiger partial charge in [-0.1, -0.05) is 12.1 Å². The lowest BCUT2D eigenvalue weighted by Gasteiger charge is -2.24. The van der Waals surface area contributed by atoms with Gasteiger partial charge in [0.25, 0.3) is 11.6 Å². The van der Waals surface area contributed by atoms with Crippen molar-refractivity contribution in [3.8, 4) is 23.0 Å². The van der Waals surface area contributed by atoms with Gasteiger partial charge in [-0.3, -0.25) is 14.9 Å². The van der Waals surface area contributed by atoms with E-state index in [-0.39, 0.29) is 30.4 Å². The zero-order chi connectivity index (χ0) is 18.8. The van der Waals surface area contributed by atoms with Crippen LogP contribution in [0.1, 0.15) is 5.56 Å². The molecule has 0 aromatic heterocycles. The lowest BCUT2D eigenvalue weighted by atomic mass is 10.1. The van der Waals surface area contributed by atoms with E-state index in [4.69, 9.17) is 18.9 Å². The molecule has 0 aliphatic carbocycles. The minimum absolute atomic E-state index is 0.00961. The average molecular weight is 371 g/mol. The third-order valence-electron chi connectivity index (χ3n) is 3.90. The Morgan fingerprint density at radius 2 is 1.89 bits per heavy atom. The van der Waals surface area contributed by atoms with Crippen molar-refractivity contribution in [2.75, 3.05) is 13.4 Å². The SMILES string of the molecule is O=C(N/N=C/c1cc2c(cc1[N+](=O)[O-])OCO2)[C@@H]1COc2ccccc2O1. The van der Waals surface area contributed by atoms with Gasteiger partial charge < -0.3 is 18.9 Å². The van der Waals surface area contributed by atoms with Crippen LogP contribution < -0.4 is 24.4 Å². The molecule has 1 amide bonds. The van der Waals surface area contributed by atoms with E-state index in [1.807, 2.05) is 0 Å². The van der Waals surface area contributed by atoms with Crippen molar-refractivity contribution in [3.05, 3.63) is 52.1 Å². The highest BCUT2D eigenvalue weighted by Gasteiger charge is 2.27. The Balaban J connectivity index is 1.45. The maximum atomic E-state index is 12.2. The predicted molar refractivity (Wildman–Crippen MR) is 91.3 cm³/mol. The van der Waals surface area contributed by atoms with Crippen LogP contribution in [0.25, 0.3) is 0 Å². The molecule has 10 heteroatoms. The monoisotopic (exact) mass is 371 g/mol. The number of carbonyl (C=O) groups excluding carboxylic acids is 1. The number of amides is 1. The molecule has 2 heterocycles. The van der Waals surface area contributed by atoms with Crippen molar-refractivity contribution < 1.29 is 28.7 Å². The fourth-order valence-electron chi connectivity index (χ4n) is 2.59. The van der Waals surface area contributed by atoms with Crippen molar-refractivity contribution >= 4 is 17.8 Å². The lowest BCUT2D eigenvalue weighted by molar-refractivity contribution is -0.385. The molecule has 0 radical (unpaired) electrons. The van der Waals surface area contributed by atoms with Gasteiger partial charge in [0, 0.05) is 0 Å². The van der Waals surface area contributed by atoms with Crippen molar-refractivity contribution in [1.82, 2.24) is 5.43 Å². The summed E-state index contributed by atoms with van der Waals surface area (Å²) in [5, 5.41) is 15.0. The molecular weight excluding hydrogens is 358 g/mol. The average Bonchev–Trinajstić information content (AvgIpc) is 3.14. The molecule has 2 aliphatic rings. The number of benzene rings is 2. The van der Waals surface area contributed by atoms with Crippen LogP contribution >= 0.6 is 0 Å². The molecule has 0 bridgehead atoms. The lowest BCUT2D eigenvalue weighted by Crippen LogP contribution is -2.42. The van der Waals surface area contributed by atoms with Crippen LogP contribution in [0, 0.1) is 10.1 Å². The van der Waals surface area contributed by atoms with Gasteiger partial charge in [-0.15, -0.1) is 0 Å². The predicted octanol–water partition coefficient (Wildman–Crippen LogP) is 1.61. The van der Waals surface area contributed by atoms with Crippen LogP contribution in [-0.2, 0) is 4.79 Å². The Kier molecular flexibility index (Phi) is 4.21. The Morgan fingerprint density at radius 1 is 1.15 bits per heavy atom. The number of para-hydroxylation sites is 2. The van der Waals surface area contributed by atoms with Gasteiger partial charge >= 0.3 is 0 Å². The number of nitro benzene ring substituents is 1. The van der Waals surface area contributed by atoms with Crippen LogP contribution in [-0.4, -0.2) is 36.5 Å². The van der Waals surface area contributed by atoms with Crippen LogP contribution in [0.5, 0.6) is 23.0 Å². The van der Waals surface area contributed by atoms with Gasteiger partial charge in [-0.25, -0.2) is 5.43 Å². The number of hydrazone groups is 1. The summed E-state index contributed by atoms with van der Waals surface area (Å²) in [6.07, 6.45) is 0.277. The summed E-state index contributed by atoms with van der Waals surface area (Å²) in [7, 11) is 0. The number of hydrogen-bond donors (Lipinski definition) is 1. The molecular formula is C17H13N3O7. The zero-order valence-electron chi connectivity index (χ0n) is 13.8.